The first-order valence-electron chi connectivity index (χ1n) is 8.13. The Morgan fingerprint density at radius 3 is 2.39 bits per heavy atom. The molecule has 2 aliphatic rings. The fourth-order valence-electron chi connectivity index (χ4n) is 3.39. The maximum absolute atomic E-state index is 12.8. The lowest BCUT2D eigenvalue weighted by molar-refractivity contribution is -0.271. The number of urea groups is 1. The molecule has 0 radical (unpaired) electrons. The van der Waals surface area contributed by atoms with E-state index in [1.807, 2.05) is 14.1 Å². The highest BCUT2D eigenvalue weighted by Crippen LogP contribution is 2.38. The van der Waals surface area contributed by atoms with Gasteiger partial charge >= 0.3 is 12.2 Å². The van der Waals surface area contributed by atoms with Gasteiger partial charge in [0.2, 0.25) is 0 Å². The zero-order valence-electron chi connectivity index (χ0n) is 13.7. The van der Waals surface area contributed by atoms with Gasteiger partial charge in [-0.3, -0.25) is 0 Å². The zero-order valence-corrected chi connectivity index (χ0v) is 13.7. The Balaban J connectivity index is 1.84. The van der Waals surface area contributed by atoms with E-state index in [2.05, 4.69) is 10.2 Å². The molecule has 0 aromatic heterocycles. The molecule has 1 saturated heterocycles. The fourth-order valence-corrected chi connectivity index (χ4v) is 3.39. The molecule has 23 heavy (non-hydrogen) atoms. The molecular weight excluding hydrogens is 311 g/mol. The van der Waals surface area contributed by atoms with Crippen LogP contribution in [-0.2, 0) is 0 Å². The number of alkyl halides is 3. The van der Waals surface area contributed by atoms with Crippen molar-refractivity contribution >= 4 is 6.03 Å². The van der Waals surface area contributed by atoms with Crippen LogP contribution in [-0.4, -0.2) is 72.0 Å². The summed E-state index contributed by atoms with van der Waals surface area (Å²) in [5.41, 5.74) is -2.66. The summed E-state index contributed by atoms with van der Waals surface area (Å²) >= 11 is 0. The van der Waals surface area contributed by atoms with Crippen LogP contribution < -0.4 is 5.32 Å². The third-order valence-corrected chi connectivity index (χ3v) is 5.11. The van der Waals surface area contributed by atoms with Gasteiger partial charge in [0, 0.05) is 38.0 Å². The number of piperidine rings is 1. The fraction of sp³-hybridized carbons (Fsp3) is 0.933. The van der Waals surface area contributed by atoms with Gasteiger partial charge < -0.3 is 20.2 Å². The Kier molecular flexibility index (Phi) is 5.45. The normalized spacial score (nSPS) is 28.7. The van der Waals surface area contributed by atoms with Gasteiger partial charge in [-0.2, -0.15) is 13.2 Å². The highest BCUT2D eigenvalue weighted by Gasteiger charge is 2.54. The largest absolute Gasteiger partial charge is 0.417 e. The van der Waals surface area contributed by atoms with Gasteiger partial charge in [-0.25, -0.2) is 4.79 Å². The maximum Gasteiger partial charge on any atom is 0.417 e. The summed E-state index contributed by atoms with van der Waals surface area (Å²) in [6, 6.07) is 0.163. The van der Waals surface area contributed by atoms with Crippen LogP contribution in [0.4, 0.5) is 18.0 Å². The van der Waals surface area contributed by atoms with Gasteiger partial charge in [-0.15, -0.1) is 0 Å². The number of halogens is 3. The lowest BCUT2D eigenvalue weighted by Gasteiger charge is -2.40. The van der Waals surface area contributed by atoms with Crippen molar-refractivity contribution < 1.29 is 23.1 Å². The molecule has 0 bridgehead atoms. The number of likely N-dealkylation sites (tertiary alicyclic amines) is 1. The van der Waals surface area contributed by atoms with Gasteiger partial charge in [0.05, 0.1) is 0 Å². The highest BCUT2D eigenvalue weighted by molar-refractivity contribution is 5.74. The van der Waals surface area contributed by atoms with Crippen molar-refractivity contribution in [3.8, 4) is 0 Å². The van der Waals surface area contributed by atoms with Crippen LogP contribution in [0.25, 0.3) is 0 Å². The monoisotopic (exact) mass is 337 g/mol. The number of carbonyl (C=O) groups is 1. The van der Waals surface area contributed by atoms with Gasteiger partial charge in [0.15, 0.2) is 5.60 Å². The van der Waals surface area contributed by atoms with E-state index < -0.39 is 24.6 Å². The minimum Gasteiger partial charge on any atom is -0.380 e. The van der Waals surface area contributed by atoms with Crippen molar-refractivity contribution in [2.45, 2.75) is 62.4 Å². The number of nitrogens with one attached hydrogen (secondary N) is 1. The van der Waals surface area contributed by atoms with Gasteiger partial charge in [-0.1, -0.05) is 0 Å². The second kappa shape index (κ2) is 6.84. The van der Waals surface area contributed by atoms with E-state index in [9.17, 15) is 23.1 Å². The molecule has 1 aliphatic heterocycles. The molecular formula is C15H26F3N3O2. The van der Waals surface area contributed by atoms with E-state index in [1.54, 1.807) is 0 Å². The first-order chi connectivity index (χ1) is 10.6. The minimum absolute atomic E-state index is 0.0621. The van der Waals surface area contributed by atoms with Crippen molar-refractivity contribution in [3.05, 3.63) is 0 Å². The Hall–Kier alpha value is -1.02. The lowest BCUT2D eigenvalue weighted by Crippen LogP contribution is -2.57. The minimum atomic E-state index is -4.64. The number of nitrogens with zero attached hydrogens (tertiary/aromatic N) is 2. The molecule has 2 unspecified atom stereocenters. The Morgan fingerprint density at radius 2 is 1.87 bits per heavy atom. The number of rotatable bonds is 2. The first kappa shape index (κ1) is 18.3. The third-order valence-electron chi connectivity index (χ3n) is 5.11. The number of aliphatic hydroxyl groups is 1. The average molecular weight is 337 g/mol. The molecule has 1 aliphatic carbocycles. The molecule has 1 heterocycles. The van der Waals surface area contributed by atoms with Crippen LogP contribution in [0.3, 0.4) is 0 Å². The summed E-state index contributed by atoms with van der Waals surface area (Å²) in [4.78, 5) is 15.8. The van der Waals surface area contributed by atoms with Crippen molar-refractivity contribution in [2.24, 2.45) is 0 Å². The van der Waals surface area contributed by atoms with Crippen LogP contribution in [0.1, 0.15) is 38.5 Å². The predicted octanol–water partition coefficient (Wildman–Crippen LogP) is 1.96. The summed E-state index contributed by atoms with van der Waals surface area (Å²) in [6.45, 7) is -0.155. The van der Waals surface area contributed by atoms with Gasteiger partial charge in [0.25, 0.3) is 0 Å². The van der Waals surface area contributed by atoms with Crippen molar-refractivity contribution in [1.29, 1.82) is 0 Å². The molecule has 0 spiro atoms. The van der Waals surface area contributed by atoms with Gasteiger partial charge in [0.1, 0.15) is 0 Å². The summed E-state index contributed by atoms with van der Waals surface area (Å²) < 4.78 is 38.3. The van der Waals surface area contributed by atoms with Crippen molar-refractivity contribution in [1.82, 2.24) is 15.1 Å². The molecule has 2 rings (SSSR count). The standard InChI is InChI=1S/C15H26F3N3O2/c1-20(2)12-5-3-4-11(10-12)19-13(22)21-8-6-14(23,7-9-21)15(16,17)18/h11-12,23H,3-10H2,1-2H3,(H,19,22). The van der Waals surface area contributed by atoms with Crippen LogP contribution in [0.2, 0.25) is 0 Å². The van der Waals surface area contributed by atoms with Gasteiger partial charge in [-0.05, 0) is 39.8 Å². The van der Waals surface area contributed by atoms with Crippen molar-refractivity contribution in [3.63, 3.8) is 0 Å². The lowest BCUT2D eigenvalue weighted by atomic mass is 9.90. The van der Waals surface area contributed by atoms with Crippen LogP contribution in [0.15, 0.2) is 0 Å². The predicted molar refractivity (Wildman–Crippen MR) is 80.1 cm³/mol. The molecule has 5 nitrogen and oxygen atoms in total. The smallest absolute Gasteiger partial charge is 0.380 e. The molecule has 2 fully saturated rings. The topological polar surface area (TPSA) is 55.8 Å². The summed E-state index contributed by atoms with van der Waals surface area (Å²) in [6.07, 6.45) is -1.68. The molecule has 0 aromatic carbocycles. The molecule has 134 valence electrons. The van der Waals surface area contributed by atoms with E-state index in [4.69, 9.17) is 0 Å². The molecule has 1 saturated carbocycles. The second-order valence-electron chi connectivity index (χ2n) is 6.95. The number of hydrogen-bond donors (Lipinski definition) is 2. The Labute approximate surface area is 134 Å². The summed E-state index contributed by atoms with van der Waals surface area (Å²) in [5.74, 6) is 0. The van der Waals surface area contributed by atoms with E-state index in [0.717, 1.165) is 25.7 Å². The SMILES string of the molecule is CN(C)C1CCCC(NC(=O)N2CCC(O)(C(F)(F)F)CC2)C1. The second-order valence-corrected chi connectivity index (χ2v) is 6.95. The number of amides is 2. The van der Waals surface area contributed by atoms with Crippen LogP contribution in [0, 0.1) is 0 Å². The summed E-state index contributed by atoms with van der Waals surface area (Å²) in [7, 11) is 4.02. The Morgan fingerprint density at radius 1 is 1.26 bits per heavy atom. The van der Waals surface area contributed by atoms with Crippen molar-refractivity contribution in [2.75, 3.05) is 27.2 Å². The average Bonchev–Trinajstić information content (AvgIpc) is 2.47. The third kappa shape index (κ3) is 4.29. The Bertz CT molecular complexity index is 421. The molecule has 8 heteroatoms. The zero-order chi connectivity index (χ0) is 17.3. The first-order valence-corrected chi connectivity index (χ1v) is 8.13. The molecule has 0 aromatic rings. The molecule has 2 atom stereocenters. The van der Waals surface area contributed by atoms with E-state index in [0.29, 0.717) is 6.04 Å². The van der Waals surface area contributed by atoms with Crippen LogP contribution >= 0.6 is 0 Å². The molecule has 2 N–H and O–H groups in total. The molecule has 2 amide bonds. The maximum atomic E-state index is 12.8. The van der Waals surface area contributed by atoms with E-state index >= 15 is 0 Å². The van der Waals surface area contributed by atoms with Crippen LogP contribution in [0.5, 0.6) is 0 Å². The number of carbonyl (C=O) groups excluding carboxylic acids is 1. The van der Waals surface area contributed by atoms with E-state index in [-0.39, 0.29) is 25.2 Å². The van der Waals surface area contributed by atoms with E-state index in [1.165, 1.54) is 4.90 Å². The number of hydrogen-bond acceptors (Lipinski definition) is 3. The quantitative estimate of drug-likeness (QED) is 0.810. The summed E-state index contributed by atoms with van der Waals surface area (Å²) in [5, 5.41) is 12.6. The highest BCUT2D eigenvalue weighted by atomic mass is 19.4.